The summed E-state index contributed by atoms with van der Waals surface area (Å²) in [5.41, 5.74) is 0.833. The summed E-state index contributed by atoms with van der Waals surface area (Å²) in [4.78, 5) is 15.2. The Bertz CT molecular complexity index is 938. The number of anilines is 1. The van der Waals surface area contributed by atoms with E-state index in [4.69, 9.17) is 23.2 Å². The number of halogens is 2. The van der Waals surface area contributed by atoms with E-state index in [-0.39, 0.29) is 34.3 Å². The number of amides is 1. The van der Waals surface area contributed by atoms with Gasteiger partial charge in [0.1, 0.15) is 4.90 Å². The zero-order valence-corrected chi connectivity index (χ0v) is 19.6. The maximum absolute atomic E-state index is 12.9. The average Bonchev–Trinajstić information content (AvgIpc) is 2.90. The number of hydrogen-bond acceptors (Lipinski definition) is 4. The third-order valence-corrected chi connectivity index (χ3v) is 7.28. The third-order valence-electron chi connectivity index (χ3n) is 4.16. The van der Waals surface area contributed by atoms with Crippen LogP contribution in [0.15, 0.2) is 28.5 Å². The molecule has 9 heteroatoms. The van der Waals surface area contributed by atoms with Crippen molar-refractivity contribution in [2.24, 2.45) is 0 Å². The highest BCUT2D eigenvalue weighted by Gasteiger charge is 2.25. The van der Waals surface area contributed by atoms with Crippen LogP contribution in [0.3, 0.4) is 0 Å². The fourth-order valence-electron chi connectivity index (χ4n) is 3.19. The molecular formula is C19H24Cl2N2O3S2. The summed E-state index contributed by atoms with van der Waals surface area (Å²) in [6, 6.07) is 4.71. The van der Waals surface area contributed by atoms with Crippen LogP contribution in [0.2, 0.25) is 10.0 Å². The number of hydrogen-bond donors (Lipinski definition) is 1. The Morgan fingerprint density at radius 1 is 1.18 bits per heavy atom. The van der Waals surface area contributed by atoms with E-state index in [1.807, 2.05) is 27.7 Å². The van der Waals surface area contributed by atoms with E-state index in [1.54, 1.807) is 29.3 Å². The molecule has 0 spiro atoms. The molecule has 154 valence electrons. The number of carbonyl (C=O) groups is 1. The number of aryl methyl sites for hydroxylation is 1. The van der Waals surface area contributed by atoms with Crippen molar-refractivity contribution in [2.45, 2.75) is 58.0 Å². The van der Waals surface area contributed by atoms with Gasteiger partial charge in [0.05, 0.1) is 17.1 Å². The lowest BCUT2D eigenvalue weighted by molar-refractivity contribution is -0.133. The minimum atomic E-state index is -3.93. The van der Waals surface area contributed by atoms with Crippen LogP contribution in [0, 0.1) is 6.92 Å². The molecule has 28 heavy (non-hydrogen) atoms. The van der Waals surface area contributed by atoms with Crippen LogP contribution < -0.4 is 4.72 Å². The molecule has 1 amide bonds. The standard InChI is InChI=1S/C19H24Cl2N2O3S2/c1-11(2)23(12(3)4)18(24)10-17-16(6-7-27-17)22-28(25,26)19-13(5)8-14(20)9-15(19)21/h6-9,11-12,22H,10H2,1-5H3. The molecule has 2 rings (SSSR count). The normalized spacial score (nSPS) is 11.9. The van der Waals surface area contributed by atoms with Gasteiger partial charge in [-0.25, -0.2) is 8.42 Å². The van der Waals surface area contributed by atoms with Crippen molar-refractivity contribution in [1.29, 1.82) is 0 Å². The number of rotatable bonds is 7. The average molecular weight is 463 g/mol. The lowest BCUT2D eigenvalue weighted by Gasteiger charge is -2.30. The van der Waals surface area contributed by atoms with Crippen LogP contribution in [0.4, 0.5) is 5.69 Å². The molecule has 2 aromatic rings. The SMILES string of the molecule is Cc1cc(Cl)cc(Cl)c1S(=O)(=O)Nc1ccsc1CC(=O)N(C(C)C)C(C)C. The van der Waals surface area contributed by atoms with Gasteiger partial charge in [-0.05, 0) is 63.8 Å². The van der Waals surface area contributed by atoms with E-state index in [1.165, 1.54) is 17.4 Å². The molecule has 0 aliphatic rings. The Balaban J connectivity index is 2.31. The molecule has 0 atom stereocenters. The van der Waals surface area contributed by atoms with Gasteiger partial charge in [0.15, 0.2) is 0 Å². The molecule has 1 heterocycles. The van der Waals surface area contributed by atoms with Gasteiger partial charge in [-0.3, -0.25) is 9.52 Å². The molecule has 5 nitrogen and oxygen atoms in total. The molecular weight excluding hydrogens is 439 g/mol. The third kappa shape index (κ3) is 5.20. The van der Waals surface area contributed by atoms with Crippen LogP contribution in [-0.2, 0) is 21.2 Å². The molecule has 0 radical (unpaired) electrons. The van der Waals surface area contributed by atoms with Gasteiger partial charge in [-0.2, -0.15) is 0 Å². The fraction of sp³-hybridized carbons (Fsp3) is 0.421. The first-order chi connectivity index (χ1) is 12.9. The number of thiophene rings is 1. The maximum Gasteiger partial charge on any atom is 0.263 e. The molecule has 0 aliphatic carbocycles. The second-order valence-electron chi connectivity index (χ2n) is 7.06. The van der Waals surface area contributed by atoms with Crippen molar-refractivity contribution in [3.05, 3.63) is 44.1 Å². The minimum Gasteiger partial charge on any atom is -0.338 e. The topological polar surface area (TPSA) is 66.5 Å². The van der Waals surface area contributed by atoms with Crippen molar-refractivity contribution >= 4 is 56.2 Å². The quantitative estimate of drug-likeness (QED) is 0.602. The van der Waals surface area contributed by atoms with E-state index in [0.29, 0.717) is 21.2 Å². The second kappa shape index (κ2) is 9.03. The highest BCUT2D eigenvalue weighted by atomic mass is 35.5. The summed E-state index contributed by atoms with van der Waals surface area (Å²) >= 11 is 13.4. The predicted octanol–water partition coefficient (Wildman–Crippen LogP) is 5.35. The van der Waals surface area contributed by atoms with Gasteiger partial charge in [-0.1, -0.05) is 23.2 Å². The van der Waals surface area contributed by atoms with Crippen LogP contribution in [0.5, 0.6) is 0 Å². The van der Waals surface area contributed by atoms with E-state index >= 15 is 0 Å². The zero-order chi connectivity index (χ0) is 21.2. The molecule has 0 bridgehead atoms. The van der Waals surface area contributed by atoms with E-state index in [0.717, 1.165) is 0 Å². The monoisotopic (exact) mass is 462 g/mol. The molecule has 0 saturated heterocycles. The van der Waals surface area contributed by atoms with Gasteiger partial charge >= 0.3 is 0 Å². The Labute approximate surface area is 180 Å². The molecule has 0 aliphatic heterocycles. The van der Waals surface area contributed by atoms with Gasteiger partial charge in [0.2, 0.25) is 5.91 Å². The van der Waals surface area contributed by atoms with Gasteiger partial charge in [0.25, 0.3) is 10.0 Å². The first-order valence-corrected chi connectivity index (χ1v) is 11.9. The molecule has 1 N–H and O–H groups in total. The molecule has 0 fully saturated rings. The smallest absolute Gasteiger partial charge is 0.263 e. The van der Waals surface area contributed by atoms with Crippen LogP contribution in [0.1, 0.15) is 38.1 Å². The Kier molecular flexibility index (Phi) is 7.42. The molecule has 1 aromatic heterocycles. The Morgan fingerprint density at radius 2 is 1.79 bits per heavy atom. The number of benzene rings is 1. The second-order valence-corrected chi connectivity index (χ2v) is 10.5. The highest BCUT2D eigenvalue weighted by molar-refractivity contribution is 7.93. The lowest BCUT2D eigenvalue weighted by atomic mass is 10.2. The summed E-state index contributed by atoms with van der Waals surface area (Å²) < 4.78 is 28.4. The summed E-state index contributed by atoms with van der Waals surface area (Å²) in [5, 5.41) is 2.17. The Hall–Kier alpha value is -1.28. The van der Waals surface area contributed by atoms with Crippen molar-refractivity contribution in [1.82, 2.24) is 4.90 Å². The molecule has 0 unspecified atom stereocenters. The number of nitrogens with one attached hydrogen (secondary N) is 1. The lowest BCUT2D eigenvalue weighted by Crippen LogP contribution is -2.42. The molecule has 0 saturated carbocycles. The van der Waals surface area contributed by atoms with Gasteiger partial charge in [-0.15, -0.1) is 11.3 Å². The van der Waals surface area contributed by atoms with Crippen LogP contribution in [0.25, 0.3) is 0 Å². The maximum atomic E-state index is 12.9. The number of nitrogens with zero attached hydrogens (tertiary/aromatic N) is 1. The minimum absolute atomic E-state index is 0.0203. The first-order valence-electron chi connectivity index (χ1n) is 8.80. The number of carbonyl (C=O) groups excluding carboxylic acids is 1. The van der Waals surface area contributed by atoms with Crippen molar-refractivity contribution in [2.75, 3.05) is 4.72 Å². The summed E-state index contributed by atoms with van der Waals surface area (Å²) in [5.74, 6) is -0.0476. The van der Waals surface area contributed by atoms with Crippen molar-refractivity contribution < 1.29 is 13.2 Å². The summed E-state index contributed by atoms with van der Waals surface area (Å²) in [6.45, 7) is 9.47. The van der Waals surface area contributed by atoms with E-state index in [9.17, 15) is 13.2 Å². The van der Waals surface area contributed by atoms with E-state index in [2.05, 4.69) is 4.72 Å². The number of sulfonamides is 1. The summed E-state index contributed by atoms with van der Waals surface area (Å²) in [7, 11) is -3.93. The summed E-state index contributed by atoms with van der Waals surface area (Å²) in [6.07, 6.45) is 0.124. The van der Waals surface area contributed by atoms with Crippen LogP contribution in [-0.4, -0.2) is 31.3 Å². The predicted molar refractivity (Wildman–Crippen MR) is 117 cm³/mol. The first kappa shape index (κ1) is 23.0. The van der Waals surface area contributed by atoms with Gasteiger partial charge in [0, 0.05) is 22.0 Å². The van der Waals surface area contributed by atoms with Gasteiger partial charge < -0.3 is 4.90 Å². The highest BCUT2D eigenvalue weighted by Crippen LogP contribution is 2.32. The fourth-order valence-corrected chi connectivity index (χ4v) is 6.36. The zero-order valence-electron chi connectivity index (χ0n) is 16.4. The van der Waals surface area contributed by atoms with E-state index < -0.39 is 10.0 Å². The largest absolute Gasteiger partial charge is 0.338 e. The Morgan fingerprint density at radius 3 is 2.32 bits per heavy atom. The van der Waals surface area contributed by atoms with Crippen LogP contribution >= 0.6 is 34.5 Å². The van der Waals surface area contributed by atoms with Crippen molar-refractivity contribution in [3.63, 3.8) is 0 Å². The molecule has 1 aromatic carbocycles. The van der Waals surface area contributed by atoms with Crippen molar-refractivity contribution in [3.8, 4) is 0 Å².